The molecule has 0 bridgehead atoms. The van der Waals surface area contributed by atoms with E-state index in [0.717, 1.165) is 96.3 Å². The Labute approximate surface area is 422 Å². The highest BCUT2D eigenvalue weighted by Gasteiger charge is 2.19. The Morgan fingerprint density at radius 1 is 0.309 bits per heavy atom. The van der Waals surface area contributed by atoms with Crippen LogP contribution in [0.25, 0.3) is 0 Å². The molecule has 6 heteroatoms. The number of ether oxygens (including phenoxy) is 3. The Morgan fingerprint density at radius 2 is 0.574 bits per heavy atom. The van der Waals surface area contributed by atoms with Crippen molar-refractivity contribution in [2.24, 2.45) is 0 Å². The average Bonchev–Trinajstić information content (AvgIpc) is 3.34. The van der Waals surface area contributed by atoms with Gasteiger partial charge < -0.3 is 14.2 Å². The molecule has 0 heterocycles. The molecule has 6 nitrogen and oxygen atoms in total. The maximum atomic E-state index is 12.9. The van der Waals surface area contributed by atoms with Crippen LogP contribution < -0.4 is 0 Å². The summed E-state index contributed by atoms with van der Waals surface area (Å²) in [5, 5.41) is 0. The maximum Gasteiger partial charge on any atom is 0.306 e. The zero-order valence-electron chi connectivity index (χ0n) is 45.4. The van der Waals surface area contributed by atoms with Crippen molar-refractivity contribution in [3.05, 3.63) is 48.6 Å². The first-order valence-electron chi connectivity index (χ1n) is 29.6. The quantitative estimate of drug-likeness (QED) is 0.0262. The number of esters is 3. The molecule has 0 aliphatic rings. The second-order valence-corrected chi connectivity index (χ2v) is 19.9. The predicted octanol–water partition coefficient (Wildman–Crippen LogP) is 19.8. The summed E-state index contributed by atoms with van der Waals surface area (Å²) in [7, 11) is 0. The Morgan fingerprint density at radius 3 is 0.912 bits per heavy atom. The first kappa shape index (κ1) is 65.4. The van der Waals surface area contributed by atoms with Crippen LogP contribution in [0.2, 0.25) is 0 Å². The molecule has 0 spiro atoms. The van der Waals surface area contributed by atoms with Crippen molar-refractivity contribution in [2.45, 2.75) is 316 Å². The number of carbonyl (C=O) groups excluding carboxylic acids is 3. The molecule has 0 aliphatic heterocycles. The van der Waals surface area contributed by atoms with Crippen LogP contribution in [0.15, 0.2) is 48.6 Å². The second-order valence-electron chi connectivity index (χ2n) is 19.9. The van der Waals surface area contributed by atoms with Gasteiger partial charge in [-0.15, -0.1) is 0 Å². The van der Waals surface area contributed by atoms with E-state index in [2.05, 4.69) is 69.4 Å². The number of rotatable bonds is 54. The minimum atomic E-state index is -0.780. The normalized spacial score (nSPS) is 12.3. The Bertz CT molecular complexity index is 1190. The molecule has 0 radical (unpaired) electrons. The fourth-order valence-electron chi connectivity index (χ4n) is 8.63. The molecule has 0 saturated carbocycles. The van der Waals surface area contributed by atoms with Crippen LogP contribution >= 0.6 is 0 Å². The van der Waals surface area contributed by atoms with Crippen molar-refractivity contribution in [2.75, 3.05) is 13.2 Å². The topological polar surface area (TPSA) is 78.9 Å². The van der Waals surface area contributed by atoms with Gasteiger partial charge in [0.25, 0.3) is 0 Å². The van der Waals surface area contributed by atoms with Crippen LogP contribution in [0, 0.1) is 0 Å². The number of unbranched alkanes of at least 4 members (excludes halogenated alkanes) is 35. The number of hydrogen-bond donors (Lipinski definition) is 0. The third-order valence-electron chi connectivity index (χ3n) is 13.1. The molecular weight excluding hydrogens is 841 g/mol. The van der Waals surface area contributed by atoms with Crippen molar-refractivity contribution in [1.29, 1.82) is 0 Å². The molecule has 68 heavy (non-hydrogen) atoms. The average molecular weight is 954 g/mol. The van der Waals surface area contributed by atoms with E-state index in [-0.39, 0.29) is 31.1 Å². The van der Waals surface area contributed by atoms with Crippen LogP contribution in [0.5, 0.6) is 0 Å². The van der Waals surface area contributed by atoms with Crippen LogP contribution in [-0.2, 0) is 28.6 Å². The van der Waals surface area contributed by atoms with E-state index in [9.17, 15) is 14.4 Å². The Hall–Kier alpha value is -2.63. The Kier molecular flexibility index (Phi) is 54.8. The highest BCUT2D eigenvalue weighted by Crippen LogP contribution is 2.16. The van der Waals surface area contributed by atoms with Crippen LogP contribution in [0.4, 0.5) is 0 Å². The molecule has 0 saturated heterocycles. The molecule has 0 aromatic rings. The lowest BCUT2D eigenvalue weighted by molar-refractivity contribution is -0.167. The molecule has 0 aliphatic carbocycles. The Balaban J connectivity index is 4.36. The highest BCUT2D eigenvalue weighted by atomic mass is 16.6. The van der Waals surface area contributed by atoms with Crippen molar-refractivity contribution in [3.63, 3.8) is 0 Å². The monoisotopic (exact) mass is 953 g/mol. The first-order chi connectivity index (χ1) is 33.5. The summed E-state index contributed by atoms with van der Waals surface area (Å²) < 4.78 is 16.9. The van der Waals surface area contributed by atoms with Gasteiger partial charge in [-0.2, -0.15) is 0 Å². The summed E-state index contributed by atoms with van der Waals surface area (Å²) in [5.74, 6) is -0.882. The fourth-order valence-corrected chi connectivity index (χ4v) is 8.63. The van der Waals surface area contributed by atoms with Gasteiger partial charge in [0.2, 0.25) is 0 Å². The van der Waals surface area contributed by atoms with Crippen LogP contribution in [0.3, 0.4) is 0 Å². The molecule has 0 unspecified atom stereocenters. The van der Waals surface area contributed by atoms with Crippen molar-refractivity contribution in [3.8, 4) is 0 Å². The van der Waals surface area contributed by atoms with Gasteiger partial charge in [-0.05, 0) is 77.0 Å². The van der Waals surface area contributed by atoms with Crippen LogP contribution in [-0.4, -0.2) is 37.2 Å². The SMILES string of the molecule is CC/C=C\C/C=C\C/C=C\CCCCCCCC(=O)OC[C@H](COC(=O)CCCCCCCCC/C=C\CCCCCCCCCC)OC(=O)CCCCCCCCCCCCCCCCCC. The molecule has 0 fully saturated rings. The third kappa shape index (κ3) is 54.3. The van der Waals surface area contributed by atoms with Gasteiger partial charge in [-0.1, -0.05) is 262 Å². The molecular formula is C62H112O6. The lowest BCUT2D eigenvalue weighted by Gasteiger charge is -2.18. The van der Waals surface area contributed by atoms with Gasteiger partial charge in [-0.3, -0.25) is 14.4 Å². The summed E-state index contributed by atoms with van der Waals surface area (Å²) in [6.07, 6.45) is 69.6. The third-order valence-corrected chi connectivity index (χ3v) is 13.1. The molecule has 0 aromatic heterocycles. The first-order valence-corrected chi connectivity index (χ1v) is 29.6. The summed E-state index contributed by atoms with van der Waals surface area (Å²) in [4.78, 5) is 38.2. The van der Waals surface area contributed by atoms with E-state index in [1.807, 2.05) is 0 Å². The molecule has 396 valence electrons. The summed E-state index contributed by atoms with van der Waals surface area (Å²) in [5.41, 5.74) is 0. The summed E-state index contributed by atoms with van der Waals surface area (Å²) in [6.45, 7) is 6.55. The van der Waals surface area contributed by atoms with Gasteiger partial charge in [0.1, 0.15) is 13.2 Å². The van der Waals surface area contributed by atoms with Crippen molar-refractivity contribution >= 4 is 17.9 Å². The van der Waals surface area contributed by atoms with Gasteiger partial charge in [0.05, 0.1) is 0 Å². The number of hydrogen-bond acceptors (Lipinski definition) is 6. The zero-order valence-corrected chi connectivity index (χ0v) is 45.4. The number of allylic oxidation sites excluding steroid dienone is 8. The zero-order chi connectivity index (χ0) is 49.3. The molecule has 0 aromatic carbocycles. The van der Waals surface area contributed by atoms with E-state index >= 15 is 0 Å². The van der Waals surface area contributed by atoms with Gasteiger partial charge >= 0.3 is 17.9 Å². The van der Waals surface area contributed by atoms with E-state index in [1.54, 1.807) is 0 Å². The number of carbonyl (C=O) groups is 3. The van der Waals surface area contributed by atoms with E-state index in [4.69, 9.17) is 14.2 Å². The van der Waals surface area contributed by atoms with Gasteiger partial charge in [0.15, 0.2) is 6.10 Å². The second kappa shape index (κ2) is 57.0. The lowest BCUT2D eigenvalue weighted by Crippen LogP contribution is -2.30. The van der Waals surface area contributed by atoms with Gasteiger partial charge in [0, 0.05) is 19.3 Å². The largest absolute Gasteiger partial charge is 0.462 e. The molecule has 0 amide bonds. The highest BCUT2D eigenvalue weighted by molar-refractivity contribution is 5.71. The smallest absolute Gasteiger partial charge is 0.306 e. The van der Waals surface area contributed by atoms with E-state index in [1.165, 1.54) is 173 Å². The van der Waals surface area contributed by atoms with E-state index in [0.29, 0.717) is 19.3 Å². The minimum absolute atomic E-state index is 0.0780. The van der Waals surface area contributed by atoms with Crippen molar-refractivity contribution < 1.29 is 28.6 Å². The molecule has 0 N–H and O–H groups in total. The lowest BCUT2D eigenvalue weighted by atomic mass is 10.0. The standard InChI is InChI=1S/C62H112O6/c1-4-7-10-13-16-19-22-25-28-30-31-32-35-37-40-43-46-49-52-55-61(64)67-58-59(57-66-60(63)54-51-48-45-42-39-36-33-27-24-21-18-15-12-9-6-3)68-62(65)56-53-50-47-44-41-38-34-29-26-23-20-17-14-11-8-5-2/h9,12,18,21,27,30-31,33,59H,4-8,10-11,13-17,19-20,22-26,28-29,32,34-58H2,1-3H3/b12-9-,21-18-,31-30-,33-27-/t59-/m1/s1. The fraction of sp³-hybridized carbons (Fsp3) is 0.823. The van der Waals surface area contributed by atoms with Crippen molar-refractivity contribution in [1.82, 2.24) is 0 Å². The van der Waals surface area contributed by atoms with Crippen LogP contribution in [0.1, 0.15) is 310 Å². The van der Waals surface area contributed by atoms with Gasteiger partial charge in [-0.25, -0.2) is 0 Å². The van der Waals surface area contributed by atoms with E-state index < -0.39 is 6.10 Å². The predicted molar refractivity (Wildman–Crippen MR) is 293 cm³/mol. The molecule has 0 rings (SSSR count). The minimum Gasteiger partial charge on any atom is -0.462 e. The molecule has 1 atom stereocenters. The maximum absolute atomic E-state index is 12.9. The summed E-state index contributed by atoms with van der Waals surface area (Å²) >= 11 is 0. The summed E-state index contributed by atoms with van der Waals surface area (Å²) in [6, 6.07) is 0.